The molecule has 0 amide bonds. The Kier molecular flexibility index (Phi) is 6.22. The molecule has 0 saturated heterocycles. The summed E-state index contributed by atoms with van der Waals surface area (Å²) >= 11 is 0. The zero-order valence-corrected chi connectivity index (χ0v) is 16.5. The van der Waals surface area contributed by atoms with Crippen LogP contribution in [0.2, 0.25) is 0 Å². The molecule has 0 spiro atoms. The molecule has 2 aromatic carbocycles. The molecular weight excluding hydrogens is 368 g/mol. The van der Waals surface area contributed by atoms with Crippen molar-refractivity contribution in [3.05, 3.63) is 59.7 Å². The minimum atomic E-state index is -3.37. The van der Waals surface area contributed by atoms with Gasteiger partial charge in [-0.05, 0) is 48.5 Å². The monoisotopic (exact) mass is 390 g/mol. The van der Waals surface area contributed by atoms with Crippen molar-refractivity contribution in [2.24, 2.45) is 0 Å². The molecule has 2 rings (SSSR count). The molecule has 0 unspecified atom stereocenters. The van der Waals surface area contributed by atoms with Crippen molar-refractivity contribution < 1.29 is 22.7 Å². The Bertz CT molecular complexity index is 920. The normalized spacial score (nSPS) is 11.0. The summed E-state index contributed by atoms with van der Waals surface area (Å²) in [6.07, 6.45) is 1.09. The fourth-order valence-corrected chi connectivity index (χ4v) is 2.75. The van der Waals surface area contributed by atoms with E-state index in [2.05, 4.69) is 0 Å². The van der Waals surface area contributed by atoms with E-state index in [4.69, 9.17) is 4.74 Å². The smallest absolute Gasteiger partial charge is 0.338 e. The van der Waals surface area contributed by atoms with Gasteiger partial charge in [0.1, 0.15) is 0 Å². The predicted octanol–water partition coefficient (Wildman–Crippen LogP) is 2.19. The molecule has 0 aliphatic rings. The first-order chi connectivity index (χ1) is 12.6. The van der Waals surface area contributed by atoms with Gasteiger partial charge in [-0.25, -0.2) is 13.2 Å². The van der Waals surface area contributed by atoms with Gasteiger partial charge in [-0.1, -0.05) is 0 Å². The highest BCUT2D eigenvalue weighted by Crippen LogP contribution is 2.17. The zero-order valence-electron chi connectivity index (χ0n) is 15.7. The van der Waals surface area contributed by atoms with Crippen molar-refractivity contribution in [1.29, 1.82) is 0 Å². The van der Waals surface area contributed by atoms with Gasteiger partial charge < -0.3 is 9.64 Å². The van der Waals surface area contributed by atoms with Crippen LogP contribution in [0.5, 0.6) is 0 Å². The Morgan fingerprint density at radius 3 is 1.81 bits per heavy atom. The quantitative estimate of drug-likeness (QED) is 0.532. The van der Waals surface area contributed by atoms with Crippen LogP contribution in [0, 0.1) is 0 Å². The molecule has 27 heavy (non-hydrogen) atoms. The number of carbonyl (C=O) groups is 2. The van der Waals surface area contributed by atoms with E-state index in [1.54, 1.807) is 24.3 Å². The highest BCUT2D eigenvalue weighted by Gasteiger charge is 2.15. The number of rotatable bonds is 7. The van der Waals surface area contributed by atoms with Crippen LogP contribution >= 0.6 is 0 Å². The number of Topliss-reactive ketones (excluding diaryl/α,β-unsaturated/α-hetero) is 1. The van der Waals surface area contributed by atoms with Crippen molar-refractivity contribution in [3.8, 4) is 0 Å². The van der Waals surface area contributed by atoms with Crippen LogP contribution in [0.25, 0.3) is 0 Å². The average Bonchev–Trinajstić information content (AvgIpc) is 2.64. The molecule has 2 aromatic rings. The van der Waals surface area contributed by atoms with Gasteiger partial charge in [-0.2, -0.15) is 0 Å². The lowest BCUT2D eigenvalue weighted by Crippen LogP contribution is -2.24. The maximum Gasteiger partial charge on any atom is 0.338 e. The molecule has 0 radical (unpaired) electrons. The molecule has 0 N–H and O–H groups in total. The second-order valence-electron chi connectivity index (χ2n) is 6.22. The van der Waals surface area contributed by atoms with Crippen LogP contribution in [0.15, 0.2) is 48.5 Å². The maximum atomic E-state index is 12.2. The van der Waals surface area contributed by atoms with E-state index in [-0.39, 0.29) is 5.78 Å². The Morgan fingerprint density at radius 1 is 0.852 bits per heavy atom. The number of nitrogens with zero attached hydrogens (tertiary/aromatic N) is 2. The van der Waals surface area contributed by atoms with E-state index in [9.17, 15) is 18.0 Å². The molecule has 0 atom stereocenters. The second kappa shape index (κ2) is 8.22. The third-order valence-corrected chi connectivity index (χ3v) is 5.21. The minimum Gasteiger partial charge on any atom is -0.454 e. The van der Waals surface area contributed by atoms with E-state index in [0.29, 0.717) is 16.8 Å². The highest BCUT2D eigenvalue weighted by molar-refractivity contribution is 7.92. The first kappa shape index (κ1) is 20.4. The molecule has 0 aliphatic heterocycles. The molecule has 0 aliphatic carbocycles. The number of sulfonamides is 1. The van der Waals surface area contributed by atoms with Crippen LogP contribution < -0.4 is 9.21 Å². The molecule has 0 aromatic heterocycles. The second-order valence-corrected chi connectivity index (χ2v) is 8.23. The maximum absolute atomic E-state index is 12.2. The molecule has 0 fully saturated rings. The number of carbonyl (C=O) groups excluding carboxylic acids is 2. The van der Waals surface area contributed by atoms with Crippen LogP contribution in [0.1, 0.15) is 20.7 Å². The van der Waals surface area contributed by atoms with Gasteiger partial charge in [-0.15, -0.1) is 0 Å². The summed E-state index contributed by atoms with van der Waals surface area (Å²) in [5.74, 6) is -0.955. The van der Waals surface area contributed by atoms with Crippen LogP contribution in [0.3, 0.4) is 0 Å². The summed E-state index contributed by atoms with van der Waals surface area (Å²) < 4.78 is 29.2. The lowest BCUT2D eigenvalue weighted by molar-refractivity contribution is 0.0475. The standard InChI is InChI=1S/C19H22N2O5S/c1-20(2)16-9-7-15(8-10-16)19(23)26-13-18(22)14-5-11-17(12-6-14)21(3)27(4,24)25/h5-12H,13H2,1-4H3. The molecule has 0 bridgehead atoms. The molecule has 0 saturated carbocycles. The van der Waals surface area contributed by atoms with Crippen molar-refractivity contribution in [2.75, 3.05) is 43.2 Å². The Balaban J connectivity index is 1.98. The number of hydrogen-bond donors (Lipinski definition) is 0. The first-order valence-corrected chi connectivity index (χ1v) is 9.96. The van der Waals surface area contributed by atoms with Crippen molar-refractivity contribution in [1.82, 2.24) is 0 Å². The van der Waals surface area contributed by atoms with Gasteiger partial charge in [-0.3, -0.25) is 9.10 Å². The van der Waals surface area contributed by atoms with Gasteiger partial charge in [0.15, 0.2) is 12.4 Å². The third-order valence-electron chi connectivity index (χ3n) is 4.00. The van der Waals surface area contributed by atoms with Crippen LogP contribution in [0.4, 0.5) is 11.4 Å². The SMILES string of the molecule is CN(C)c1ccc(C(=O)OCC(=O)c2ccc(N(C)S(C)(=O)=O)cc2)cc1. The Hall–Kier alpha value is -2.87. The fraction of sp³-hybridized carbons (Fsp3) is 0.263. The number of anilines is 2. The van der Waals surface area contributed by atoms with E-state index in [1.165, 1.54) is 31.3 Å². The Morgan fingerprint density at radius 2 is 1.33 bits per heavy atom. The van der Waals surface area contributed by atoms with Crippen LogP contribution in [-0.2, 0) is 14.8 Å². The molecule has 7 nitrogen and oxygen atoms in total. The van der Waals surface area contributed by atoms with E-state index in [1.807, 2.05) is 19.0 Å². The minimum absolute atomic E-state index is 0.330. The average molecular weight is 390 g/mol. The lowest BCUT2D eigenvalue weighted by Gasteiger charge is -2.16. The van der Waals surface area contributed by atoms with E-state index >= 15 is 0 Å². The predicted molar refractivity (Wildman–Crippen MR) is 105 cm³/mol. The van der Waals surface area contributed by atoms with Gasteiger partial charge in [0.25, 0.3) is 0 Å². The third kappa shape index (κ3) is 5.30. The number of hydrogen-bond acceptors (Lipinski definition) is 6. The van der Waals surface area contributed by atoms with Crippen molar-refractivity contribution in [3.63, 3.8) is 0 Å². The van der Waals surface area contributed by atoms with Crippen molar-refractivity contribution in [2.45, 2.75) is 0 Å². The topological polar surface area (TPSA) is 84.0 Å². The summed E-state index contributed by atoms with van der Waals surface area (Å²) in [6.45, 7) is -0.393. The number of esters is 1. The summed E-state index contributed by atoms with van der Waals surface area (Å²) in [4.78, 5) is 26.1. The van der Waals surface area contributed by atoms with Gasteiger partial charge in [0.05, 0.1) is 17.5 Å². The van der Waals surface area contributed by atoms with E-state index in [0.717, 1.165) is 16.2 Å². The summed E-state index contributed by atoms with van der Waals surface area (Å²) in [5, 5.41) is 0. The van der Waals surface area contributed by atoms with Crippen LogP contribution in [-0.4, -0.2) is 54.2 Å². The zero-order chi connectivity index (χ0) is 20.2. The molecule has 8 heteroatoms. The van der Waals surface area contributed by atoms with Gasteiger partial charge in [0, 0.05) is 32.4 Å². The molecule has 0 heterocycles. The fourth-order valence-electron chi connectivity index (χ4n) is 2.24. The largest absolute Gasteiger partial charge is 0.454 e. The van der Waals surface area contributed by atoms with Crippen molar-refractivity contribution >= 4 is 33.2 Å². The summed E-state index contributed by atoms with van der Waals surface area (Å²) in [7, 11) is 1.84. The molecule has 144 valence electrons. The van der Waals surface area contributed by atoms with Gasteiger partial charge >= 0.3 is 5.97 Å². The molecular formula is C19H22N2O5S. The Labute approximate surface area is 159 Å². The van der Waals surface area contributed by atoms with E-state index < -0.39 is 22.6 Å². The first-order valence-electron chi connectivity index (χ1n) is 8.11. The summed E-state index contributed by atoms with van der Waals surface area (Å²) in [6, 6.07) is 12.9. The van der Waals surface area contributed by atoms with Gasteiger partial charge in [0.2, 0.25) is 10.0 Å². The number of ether oxygens (including phenoxy) is 1. The number of ketones is 1. The summed E-state index contributed by atoms with van der Waals surface area (Å²) in [5.41, 5.74) is 2.07. The highest BCUT2D eigenvalue weighted by atomic mass is 32.2. The lowest BCUT2D eigenvalue weighted by atomic mass is 10.1. The number of benzene rings is 2.